The number of hydrogen-bond donors (Lipinski definition) is 0. The molecule has 116 valence electrons. The van der Waals surface area contributed by atoms with Crippen molar-refractivity contribution in [2.24, 2.45) is 11.8 Å². The number of Topliss-reactive ketones (excluding diaryl/α,β-unsaturated/α-hetero) is 1. The number of unbranched alkanes of at least 4 members (excludes halogenated alkanes) is 1. The van der Waals surface area contributed by atoms with Gasteiger partial charge >= 0.3 is 0 Å². The van der Waals surface area contributed by atoms with E-state index < -0.39 is 0 Å². The second kappa shape index (κ2) is 8.07. The molecule has 0 unspecified atom stereocenters. The van der Waals surface area contributed by atoms with Crippen molar-refractivity contribution in [1.29, 1.82) is 0 Å². The molecular formula is C18H24BrFO. The summed E-state index contributed by atoms with van der Waals surface area (Å²) in [5, 5.41) is 0. The van der Waals surface area contributed by atoms with Crippen molar-refractivity contribution in [1.82, 2.24) is 0 Å². The number of ketones is 1. The highest BCUT2D eigenvalue weighted by molar-refractivity contribution is 9.10. The highest BCUT2D eigenvalue weighted by atomic mass is 79.9. The van der Waals surface area contributed by atoms with Crippen LogP contribution in [0.15, 0.2) is 22.7 Å². The maximum atomic E-state index is 13.1. The summed E-state index contributed by atoms with van der Waals surface area (Å²) in [6.07, 6.45) is 8.77. The van der Waals surface area contributed by atoms with Gasteiger partial charge in [-0.3, -0.25) is 4.79 Å². The van der Waals surface area contributed by atoms with Crippen LogP contribution in [0, 0.1) is 17.7 Å². The van der Waals surface area contributed by atoms with E-state index in [1.54, 1.807) is 6.07 Å². The minimum absolute atomic E-state index is 0.208. The molecule has 1 saturated carbocycles. The molecule has 1 aliphatic carbocycles. The standard InChI is InChI=1S/C18H24BrFO/c1-2-3-4-13-5-7-14(8-6-13)18(21)11-15-9-10-16(20)12-17(15)19/h9-10,12-14H,2-8,11H2,1H3. The zero-order valence-corrected chi connectivity index (χ0v) is 14.3. The second-order valence-corrected chi connectivity index (χ2v) is 7.09. The van der Waals surface area contributed by atoms with Gasteiger partial charge < -0.3 is 0 Å². The molecule has 21 heavy (non-hydrogen) atoms. The molecule has 0 N–H and O–H groups in total. The minimum atomic E-state index is -0.269. The van der Waals surface area contributed by atoms with Gasteiger partial charge in [-0.15, -0.1) is 0 Å². The average Bonchev–Trinajstić information content (AvgIpc) is 2.48. The van der Waals surface area contributed by atoms with E-state index >= 15 is 0 Å². The highest BCUT2D eigenvalue weighted by Gasteiger charge is 2.26. The summed E-state index contributed by atoms with van der Waals surface area (Å²) >= 11 is 3.35. The van der Waals surface area contributed by atoms with Gasteiger partial charge in [-0.05, 0) is 49.3 Å². The number of halogens is 2. The number of carbonyl (C=O) groups excluding carboxylic acids is 1. The summed E-state index contributed by atoms with van der Waals surface area (Å²) in [6.45, 7) is 2.23. The topological polar surface area (TPSA) is 17.1 Å². The van der Waals surface area contributed by atoms with Gasteiger partial charge in [0.05, 0.1) is 0 Å². The maximum Gasteiger partial charge on any atom is 0.140 e. The van der Waals surface area contributed by atoms with Crippen molar-refractivity contribution in [3.63, 3.8) is 0 Å². The van der Waals surface area contributed by atoms with Gasteiger partial charge in [-0.2, -0.15) is 0 Å². The van der Waals surface area contributed by atoms with E-state index in [0.29, 0.717) is 16.7 Å². The zero-order valence-electron chi connectivity index (χ0n) is 12.7. The highest BCUT2D eigenvalue weighted by Crippen LogP contribution is 2.33. The van der Waals surface area contributed by atoms with E-state index in [9.17, 15) is 9.18 Å². The lowest BCUT2D eigenvalue weighted by Gasteiger charge is -2.27. The molecule has 0 aromatic heterocycles. The first-order valence-corrected chi connectivity index (χ1v) is 8.86. The van der Waals surface area contributed by atoms with Gasteiger partial charge in [0.1, 0.15) is 11.6 Å². The van der Waals surface area contributed by atoms with Gasteiger partial charge in [0, 0.05) is 16.8 Å². The molecule has 1 fully saturated rings. The Morgan fingerprint density at radius 1 is 1.29 bits per heavy atom. The molecule has 1 aliphatic rings. The summed E-state index contributed by atoms with van der Waals surface area (Å²) in [7, 11) is 0. The lowest BCUT2D eigenvalue weighted by atomic mass is 9.77. The fraction of sp³-hybridized carbons (Fsp3) is 0.611. The van der Waals surface area contributed by atoms with Crippen LogP contribution >= 0.6 is 15.9 Å². The molecule has 0 bridgehead atoms. The molecule has 0 amide bonds. The Hall–Kier alpha value is -0.700. The predicted octanol–water partition coefficient (Wildman–Crippen LogP) is 5.70. The average molecular weight is 355 g/mol. The Labute approximate surface area is 135 Å². The van der Waals surface area contributed by atoms with Crippen molar-refractivity contribution >= 4 is 21.7 Å². The molecule has 0 spiro atoms. The molecule has 3 heteroatoms. The number of hydrogen-bond acceptors (Lipinski definition) is 1. The summed E-state index contributed by atoms with van der Waals surface area (Å²) in [5.41, 5.74) is 0.898. The lowest BCUT2D eigenvalue weighted by molar-refractivity contribution is -0.123. The Morgan fingerprint density at radius 2 is 2.00 bits per heavy atom. The number of benzene rings is 1. The van der Waals surface area contributed by atoms with Crippen LogP contribution in [0.1, 0.15) is 57.4 Å². The number of carbonyl (C=O) groups is 1. The fourth-order valence-electron chi connectivity index (χ4n) is 3.26. The minimum Gasteiger partial charge on any atom is -0.299 e. The molecule has 0 atom stereocenters. The molecule has 1 nitrogen and oxygen atoms in total. The first kappa shape index (κ1) is 16.7. The molecule has 0 aliphatic heterocycles. The molecule has 0 saturated heterocycles. The van der Waals surface area contributed by atoms with Crippen LogP contribution < -0.4 is 0 Å². The Balaban J connectivity index is 1.84. The van der Waals surface area contributed by atoms with E-state index in [2.05, 4.69) is 22.9 Å². The van der Waals surface area contributed by atoms with Crippen LogP contribution in [-0.4, -0.2) is 5.78 Å². The third-order valence-corrected chi connectivity index (χ3v) is 5.39. The molecule has 1 aromatic rings. The third-order valence-electron chi connectivity index (χ3n) is 4.65. The molecule has 2 rings (SSSR count). The van der Waals surface area contributed by atoms with Crippen LogP contribution in [0.25, 0.3) is 0 Å². The van der Waals surface area contributed by atoms with E-state index in [1.165, 1.54) is 44.2 Å². The van der Waals surface area contributed by atoms with Crippen molar-refractivity contribution in [3.05, 3.63) is 34.1 Å². The summed E-state index contributed by atoms with van der Waals surface area (Å²) in [4.78, 5) is 12.4. The second-order valence-electron chi connectivity index (χ2n) is 6.24. The summed E-state index contributed by atoms with van der Waals surface area (Å²) < 4.78 is 13.8. The molecule has 0 radical (unpaired) electrons. The Kier molecular flexibility index (Phi) is 6.40. The summed E-state index contributed by atoms with van der Waals surface area (Å²) in [6, 6.07) is 4.57. The zero-order chi connectivity index (χ0) is 15.2. The molecular weight excluding hydrogens is 331 g/mol. The van der Waals surface area contributed by atoms with Crippen LogP contribution in [0.5, 0.6) is 0 Å². The maximum absolute atomic E-state index is 13.1. The van der Waals surface area contributed by atoms with E-state index in [1.807, 2.05) is 0 Å². The van der Waals surface area contributed by atoms with Gasteiger partial charge in [-0.1, -0.05) is 48.2 Å². The van der Waals surface area contributed by atoms with Gasteiger partial charge in [0.15, 0.2) is 0 Å². The SMILES string of the molecule is CCCCC1CCC(C(=O)Cc2ccc(F)cc2Br)CC1. The third kappa shape index (κ3) is 4.91. The first-order chi connectivity index (χ1) is 10.1. The smallest absolute Gasteiger partial charge is 0.140 e. The van der Waals surface area contributed by atoms with Crippen LogP contribution in [0.3, 0.4) is 0 Å². The first-order valence-electron chi connectivity index (χ1n) is 8.06. The molecule has 0 heterocycles. The van der Waals surface area contributed by atoms with Gasteiger partial charge in [0.2, 0.25) is 0 Å². The number of rotatable bonds is 6. The van der Waals surface area contributed by atoms with Crippen LogP contribution in [-0.2, 0) is 11.2 Å². The molecule has 1 aromatic carbocycles. The predicted molar refractivity (Wildman–Crippen MR) is 87.8 cm³/mol. The van der Waals surface area contributed by atoms with E-state index in [4.69, 9.17) is 0 Å². The van der Waals surface area contributed by atoms with Crippen molar-refractivity contribution < 1.29 is 9.18 Å². The fourth-order valence-corrected chi connectivity index (χ4v) is 3.75. The Morgan fingerprint density at radius 3 is 2.62 bits per heavy atom. The van der Waals surface area contributed by atoms with Crippen LogP contribution in [0.4, 0.5) is 4.39 Å². The van der Waals surface area contributed by atoms with E-state index in [0.717, 1.165) is 24.3 Å². The quantitative estimate of drug-likeness (QED) is 0.640. The van der Waals surface area contributed by atoms with Crippen molar-refractivity contribution in [2.75, 3.05) is 0 Å². The normalized spacial score (nSPS) is 22.2. The van der Waals surface area contributed by atoms with Crippen molar-refractivity contribution in [2.45, 2.75) is 58.3 Å². The van der Waals surface area contributed by atoms with Gasteiger partial charge in [0.25, 0.3) is 0 Å². The summed E-state index contributed by atoms with van der Waals surface area (Å²) in [5.74, 6) is 1.08. The van der Waals surface area contributed by atoms with E-state index in [-0.39, 0.29) is 11.7 Å². The largest absolute Gasteiger partial charge is 0.299 e. The van der Waals surface area contributed by atoms with Crippen LogP contribution in [0.2, 0.25) is 0 Å². The Bertz CT molecular complexity index is 478. The monoisotopic (exact) mass is 354 g/mol. The van der Waals surface area contributed by atoms with Gasteiger partial charge in [-0.25, -0.2) is 4.39 Å². The van der Waals surface area contributed by atoms with Crippen molar-refractivity contribution in [3.8, 4) is 0 Å². The lowest BCUT2D eigenvalue weighted by Crippen LogP contribution is -2.23.